The van der Waals surface area contributed by atoms with Gasteiger partial charge in [-0.2, -0.15) is 5.26 Å². The van der Waals surface area contributed by atoms with Crippen LogP contribution in [0.3, 0.4) is 0 Å². The Morgan fingerprint density at radius 1 is 1.06 bits per heavy atom. The molecule has 0 spiro atoms. The van der Waals surface area contributed by atoms with Gasteiger partial charge in [-0.1, -0.05) is 83.5 Å². The molecule has 50 heavy (non-hydrogen) atoms. The van der Waals surface area contributed by atoms with Gasteiger partial charge in [-0.3, -0.25) is 9.69 Å². The monoisotopic (exact) mass is 706 g/mol. The predicted molar refractivity (Wildman–Crippen MR) is 198 cm³/mol. The minimum atomic E-state index is -0.121. The summed E-state index contributed by atoms with van der Waals surface area (Å²) in [5.74, 6) is 0.672. The average Bonchev–Trinajstić information content (AvgIpc) is 3.78. The van der Waals surface area contributed by atoms with Gasteiger partial charge in [-0.25, -0.2) is 4.99 Å². The molecule has 0 radical (unpaired) electrons. The normalized spacial score (nSPS) is 15.0. The van der Waals surface area contributed by atoms with E-state index >= 15 is 0 Å². The molecule has 0 aliphatic carbocycles. The van der Waals surface area contributed by atoms with E-state index in [2.05, 4.69) is 21.4 Å². The lowest BCUT2D eigenvalue weighted by Crippen LogP contribution is -2.58. The number of halogens is 1. The molecule has 1 fully saturated rings. The number of nitriles is 1. The average molecular weight is 707 g/mol. The molecular formula is C39H39ClN6O3S. The van der Waals surface area contributed by atoms with E-state index in [4.69, 9.17) is 25.9 Å². The fourth-order valence-corrected chi connectivity index (χ4v) is 6.93. The second-order valence-electron chi connectivity index (χ2n) is 12.4. The summed E-state index contributed by atoms with van der Waals surface area (Å²) in [5.41, 5.74) is 5.35. The number of hydrogen-bond acceptors (Lipinski definition) is 9. The van der Waals surface area contributed by atoms with E-state index in [1.807, 2.05) is 110 Å². The van der Waals surface area contributed by atoms with Crippen LogP contribution in [0.25, 0.3) is 10.6 Å². The Hall–Kier alpha value is -4.63. The summed E-state index contributed by atoms with van der Waals surface area (Å²) < 4.78 is 12.0. The topological polar surface area (TPSA) is 107 Å². The molecule has 6 rings (SSSR count). The summed E-state index contributed by atoms with van der Waals surface area (Å²) in [5, 5.41) is 17.8. The molecule has 1 aliphatic rings. The summed E-state index contributed by atoms with van der Waals surface area (Å²) in [6.45, 7) is 7.62. The fraction of sp³-hybridized carbons (Fsp3) is 0.282. The molecule has 256 valence electrons. The third-order valence-corrected chi connectivity index (χ3v) is 9.57. The Morgan fingerprint density at radius 3 is 2.46 bits per heavy atom. The maximum atomic E-state index is 13.9. The molecule has 1 aliphatic heterocycles. The molecule has 1 unspecified atom stereocenters. The van der Waals surface area contributed by atoms with Crippen molar-refractivity contribution in [1.82, 2.24) is 20.3 Å². The second kappa shape index (κ2) is 16.9. The summed E-state index contributed by atoms with van der Waals surface area (Å²) in [6, 6.07) is 33.4. The summed E-state index contributed by atoms with van der Waals surface area (Å²) in [4.78, 5) is 23.9. The van der Waals surface area contributed by atoms with E-state index in [9.17, 15) is 10.1 Å². The van der Waals surface area contributed by atoms with Crippen molar-refractivity contribution < 1.29 is 14.1 Å². The highest BCUT2D eigenvalue weighted by Gasteiger charge is 2.33. The lowest BCUT2D eigenvalue weighted by molar-refractivity contribution is -0.140. The molecule has 0 saturated carbocycles. The number of nitrogens with one attached hydrogen (secondary N) is 1. The van der Waals surface area contributed by atoms with Crippen molar-refractivity contribution in [3.8, 4) is 16.7 Å². The molecule has 3 aromatic carbocycles. The number of aromatic nitrogens is 1. The fourth-order valence-electron chi connectivity index (χ4n) is 5.94. The maximum Gasteiger partial charge on any atom is 0.237 e. The number of hydrogen-bond donors (Lipinski definition) is 1. The first-order valence-corrected chi connectivity index (χ1v) is 17.8. The highest BCUT2D eigenvalue weighted by Crippen LogP contribution is 2.32. The second-order valence-corrected chi connectivity index (χ2v) is 14.1. The molecule has 11 heteroatoms. The van der Waals surface area contributed by atoms with Gasteiger partial charge in [-0.15, -0.1) is 11.3 Å². The highest BCUT2D eigenvalue weighted by molar-refractivity contribution is 7.19. The van der Waals surface area contributed by atoms with Crippen molar-refractivity contribution in [2.75, 3.05) is 32.8 Å². The van der Waals surface area contributed by atoms with Crippen LogP contribution in [0, 0.1) is 11.3 Å². The molecule has 1 atom stereocenters. The van der Waals surface area contributed by atoms with Crippen LogP contribution >= 0.6 is 22.9 Å². The zero-order valence-electron chi connectivity index (χ0n) is 28.1. The number of thiophene rings is 1. The van der Waals surface area contributed by atoms with Crippen molar-refractivity contribution in [2.45, 2.75) is 39.1 Å². The minimum absolute atomic E-state index is 0.0129. The predicted octanol–water partition coefficient (Wildman–Crippen LogP) is 7.32. The molecule has 9 nitrogen and oxygen atoms in total. The summed E-state index contributed by atoms with van der Waals surface area (Å²) in [7, 11) is 0. The van der Waals surface area contributed by atoms with Crippen LogP contribution in [0.2, 0.25) is 4.34 Å². The van der Waals surface area contributed by atoms with Crippen molar-refractivity contribution in [3.05, 3.63) is 129 Å². The number of ether oxygens (including phenoxy) is 1. The van der Waals surface area contributed by atoms with Gasteiger partial charge >= 0.3 is 0 Å². The zero-order valence-corrected chi connectivity index (χ0v) is 29.7. The Labute approximate surface area is 301 Å². The van der Waals surface area contributed by atoms with Crippen LogP contribution in [-0.2, 0) is 22.6 Å². The maximum absolute atomic E-state index is 13.9. The Morgan fingerprint density at radius 2 is 1.80 bits per heavy atom. The minimum Gasteiger partial charge on any atom is -0.377 e. The van der Waals surface area contributed by atoms with E-state index in [1.54, 1.807) is 6.07 Å². The quantitative estimate of drug-likeness (QED) is 0.0953. The van der Waals surface area contributed by atoms with Crippen molar-refractivity contribution >= 4 is 40.2 Å². The molecule has 5 aromatic rings. The van der Waals surface area contributed by atoms with Crippen LogP contribution in [0.4, 0.5) is 5.69 Å². The van der Waals surface area contributed by atoms with Gasteiger partial charge in [-0.05, 0) is 43.7 Å². The van der Waals surface area contributed by atoms with Gasteiger partial charge in [0.1, 0.15) is 6.07 Å². The number of aliphatic imine (C=N–C) groups is 1. The third-order valence-electron chi connectivity index (χ3n) is 8.32. The van der Waals surface area contributed by atoms with Gasteiger partial charge < -0.3 is 19.5 Å². The van der Waals surface area contributed by atoms with E-state index in [1.165, 1.54) is 11.3 Å². The smallest absolute Gasteiger partial charge is 0.237 e. The van der Waals surface area contributed by atoms with E-state index < -0.39 is 0 Å². The first-order valence-electron chi connectivity index (χ1n) is 16.6. The van der Waals surface area contributed by atoms with Gasteiger partial charge in [0.15, 0.2) is 5.76 Å². The zero-order chi connectivity index (χ0) is 34.9. The summed E-state index contributed by atoms with van der Waals surface area (Å²) in [6.07, 6.45) is 0.148. The molecule has 2 aromatic heterocycles. The Balaban J connectivity index is 1.23. The molecular weight excluding hydrogens is 668 g/mol. The lowest BCUT2D eigenvalue weighted by atomic mass is 10.0. The van der Waals surface area contributed by atoms with Crippen LogP contribution in [-0.4, -0.2) is 71.5 Å². The molecule has 3 heterocycles. The van der Waals surface area contributed by atoms with Crippen LogP contribution < -0.4 is 5.32 Å². The first kappa shape index (κ1) is 35.2. The highest BCUT2D eigenvalue weighted by atomic mass is 35.5. The van der Waals surface area contributed by atoms with Crippen molar-refractivity contribution in [3.63, 3.8) is 0 Å². The number of carbonyl (C=O) groups excluding carboxylic acids is 1. The van der Waals surface area contributed by atoms with E-state index in [0.717, 1.165) is 33.0 Å². The lowest BCUT2D eigenvalue weighted by Gasteiger charge is -2.41. The molecule has 1 saturated heterocycles. The van der Waals surface area contributed by atoms with E-state index in [-0.39, 0.29) is 24.6 Å². The standard InChI is InChI=1S/C39H39ClN6O3S/c1-27(2)48-18-17-42-22-33-25-45(24-32-20-35(49-44-32)36-15-16-37(40)50-36)26-38(47)46(33)23-28-13-14-31(21-41)34(19-28)43-39(29-9-5-3-6-10-29)30-11-7-4-8-12-30/h3-16,19-20,27,33,42H,17-18,22-26H2,1-2H3. The molecule has 1 N–H and O–H groups in total. The summed E-state index contributed by atoms with van der Waals surface area (Å²) >= 11 is 7.56. The molecule has 0 bridgehead atoms. The van der Waals surface area contributed by atoms with Gasteiger partial charge in [0, 0.05) is 49.9 Å². The van der Waals surface area contributed by atoms with Crippen LogP contribution in [0.15, 0.2) is 107 Å². The van der Waals surface area contributed by atoms with Gasteiger partial charge in [0.2, 0.25) is 5.91 Å². The first-order chi connectivity index (χ1) is 24.4. The Bertz CT molecular complexity index is 1910. The Kier molecular flexibility index (Phi) is 11.9. The number of amides is 1. The number of carbonyl (C=O) groups is 1. The van der Waals surface area contributed by atoms with Crippen LogP contribution in [0.5, 0.6) is 0 Å². The number of benzene rings is 3. The largest absolute Gasteiger partial charge is 0.377 e. The molecule has 1 amide bonds. The van der Waals surface area contributed by atoms with E-state index in [0.29, 0.717) is 60.7 Å². The third kappa shape index (κ3) is 9.13. The number of nitrogens with zero attached hydrogens (tertiary/aromatic N) is 5. The number of piperazine rings is 1. The van der Waals surface area contributed by atoms with Crippen LogP contribution in [0.1, 0.15) is 41.8 Å². The van der Waals surface area contributed by atoms with Crippen molar-refractivity contribution in [2.24, 2.45) is 4.99 Å². The number of rotatable bonds is 14. The van der Waals surface area contributed by atoms with Gasteiger partial charge in [0.05, 0.1) is 57.2 Å². The SMILES string of the molecule is CC(C)OCCNCC1CN(Cc2cc(-c3ccc(Cl)s3)on2)CC(=O)N1Cc1ccc(C#N)c(N=C(c2ccccc2)c2ccccc2)c1. The van der Waals surface area contributed by atoms with Crippen molar-refractivity contribution in [1.29, 1.82) is 5.26 Å². The van der Waals surface area contributed by atoms with Gasteiger partial charge in [0.25, 0.3) is 0 Å².